The fourth-order valence-electron chi connectivity index (χ4n) is 2.10. The molecule has 0 aliphatic heterocycles. The van der Waals surface area contributed by atoms with Gasteiger partial charge in [0.15, 0.2) is 0 Å². The Morgan fingerprint density at radius 1 is 0.704 bits per heavy atom. The molecule has 1 aromatic heterocycles. The number of rotatable bonds is 3. The third-order valence-electron chi connectivity index (χ3n) is 3.23. The Balaban J connectivity index is 0.000000321. The number of benzene rings is 2. The van der Waals surface area contributed by atoms with E-state index in [1.54, 1.807) is 14.2 Å². The molecule has 3 nitrogen and oxygen atoms in total. The van der Waals surface area contributed by atoms with Crippen molar-refractivity contribution in [1.82, 2.24) is 0 Å². The molecule has 3 rings (SSSR count). The van der Waals surface area contributed by atoms with Gasteiger partial charge >= 0.3 is 44.3 Å². The summed E-state index contributed by atoms with van der Waals surface area (Å²) < 4.78 is 75.5. The number of hydrogen-bond donors (Lipinski definition) is 0. The molecular weight excluding hydrogens is 397 g/mol. The van der Waals surface area contributed by atoms with E-state index in [0.29, 0.717) is 0 Å². The summed E-state index contributed by atoms with van der Waals surface area (Å²) in [6.07, 6.45) is 0. The summed E-state index contributed by atoms with van der Waals surface area (Å²) >= 11 is 0. The van der Waals surface area contributed by atoms with Crippen molar-refractivity contribution in [3.8, 4) is 22.8 Å². The third-order valence-corrected chi connectivity index (χ3v) is 3.23. The first-order valence-corrected chi connectivity index (χ1v) is 9.40. The second-order valence-electron chi connectivity index (χ2n) is 5.39. The van der Waals surface area contributed by atoms with E-state index in [2.05, 4.69) is 0 Å². The molecule has 27 heavy (non-hydrogen) atoms. The zero-order valence-electron chi connectivity index (χ0n) is 14.1. The molecule has 1 heterocycles. The van der Waals surface area contributed by atoms with Crippen LogP contribution in [-0.4, -0.2) is 14.2 Å². The molecule has 0 saturated heterocycles. The summed E-state index contributed by atoms with van der Waals surface area (Å²) in [5.74, 6) is 2.43. The maximum absolute atomic E-state index is 10.7. The fraction of sp³-hybridized carbons (Fsp3) is 0.118. The quantitative estimate of drug-likeness (QED) is 0.250. The first-order chi connectivity index (χ1) is 12.2. The van der Waals surface area contributed by atoms with Crippen molar-refractivity contribution in [2.45, 2.75) is 0 Å². The zero-order chi connectivity index (χ0) is 20.4. The fourth-order valence-corrected chi connectivity index (χ4v) is 2.10. The van der Waals surface area contributed by atoms with E-state index >= 15 is 0 Å². The van der Waals surface area contributed by atoms with Gasteiger partial charge in [-0.1, -0.05) is 0 Å². The van der Waals surface area contributed by atoms with Crippen molar-refractivity contribution in [2.75, 3.05) is 14.2 Å². The Bertz CT molecular complexity index is 929. The Kier molecular flexibility index (Phi) is 5.05. The second kappa shape index (κ2) is 6.56. The molecule has 0 atom stereocenters. The van der Waals surface area contributed by atoms with E-state index in [1.165, 1.54) is 0 Å². The third kappa shape index (κ3) is 7.70. The van der Waals surface area contributed by atoms with Crippen LogP contribution in [0.15, 0.2) is 59.0 Å². The Morgan fingerprint density at radius 2 is 1.19 bits per heavy atom. The van der Waals surface area contributed by atoms with Crippen LogP contribution in [0.1, 0.15) is 0 Å². The van der Waals surface area contributed by atoms with E-state index in [1.807, 2.05) is 54.6 Å². The van der Waals surface area contributed by atoms with Gasteiger partial charge < -0.3 is 9.47 Å². The van der Waals surface area contributed by atoms with Crippen LogP contribution in [0.3, 0.4) is 0 Å². The average molecular weight is 412 g/mol. The molecule has 0 bridgehead atoms. The van der Waals surface area contributed by atoms with Crippen molar-refractivity contribution < 1.29 is 39.1 Å². The van der Waals surface area contributed by atoms with Crippen LogP contribution < -0.4 is 9.47 Å². The van der Waals surface area contributed by atoms with Gasteiger partial charge in [-0.05, 0) is 42.5 Å². The summed E-state index contributed by atoms with van der Waals surface area (Å²) in [6, 6.07) is 17.6. The molecule has 0 saturated carbocycles. The predicted octanol–water partition coefficient (Wildman–Crippen LogP) is 7.78. The molecular formula is C17H15F6O3P. The monoisotopic (exact) mass is 412 g/mol. The van der Waals surface area contributed by atoms with Crippen LogP contribution in [0, 0.1) is 0 Å². The number of ether oxygens (including phenoxy) is 2. The summed E-state index contributed by atoms with van der Waals surface area (Å²) in [7, 11) is -7.36. The normalized spacial score (nSPS) is 13.8. The average Bonchev–Trinajstić information content (AvgIpc) is 2.58. The first kappa shape index (κ1) is 20.8. The summed E-state index contributed by atoms with van der Waals surface area (Å²) in [6.45, 7) is 0. The van der Waals surface area contributed by atoms with E-state index in [-0.39, 0.29) is 0 Å². The van der Waals surface area contributed by atoms with Crippen LogP contribution in [0.25, 0.3) is 22.3 Å². The van der Waals surface area contributed by atoms with Crippen LogP contribution in [0.4, 0.5) is 25.2 Å². The molecule has 0 fully saturated rings. The summed E-state index contributed by atoms with van der Waals surface area (Å²) in [4.78, 5) is 0. The van der Waals surface area contributed by atoms with Gasteiger partial charge in [-0.25, -0.2) is 4.42 Å². The molecule has 0 spiro atoms. The summed E-state index contributed by atoms with van der Waals surface area (Å²) in [5, 5.41) is 1.04. The minimum atomic E-state index is -10.7. The standard InChI is InChI=1S/C17H15O3.F6P/c1-18-14-7-3-12(4-8-14)16-10-6-13-5-9-15(19-2)11-17(13)20-16;1-7(2,3,4,5)6/h3-11H,1-2H3;/q+1;-1. The van der Waals surface area contributed by atoms with Gasteiger partial charge in [0, 0.05) is 6.07 Å². The van der Waals surface area contributed by atoms with Gasteiger partial charge in [0.1, 0.15) is 11.5 Å². The molecule has 148 valence electrons. The molecule has 0 radical (unpaired) electrons. The number of fused-ring (bicyclic) bond motifs is 1. The Labute approximate surface area is 150 Å². The van der Waals surface area contributed by atoms with Crippen molar-refractivity contribution >= 4 is 18.8 Å². The van der Waals surface area contributed by atoms with Gasteiger partial charge in [-0.2, -0.15) is 0 Å². The number of hydrogen-bond acceptors (Lipinski definition) is 2. The van der Waals surface area contributed by atoms with Crippen LogP contribution in [0.2, 0.25) is 0 Å². The van der Waals surface area contributed by atoms with Gasteiger partial charge in [0.05, 0.1) is 31.2 Å². The zero-order valence-corrected chi connectivity index (χ0v) is 15.0. The minimum absolute atomic E-state index is 0.785. The Morgan fingerprint density at radius 3 is 1.70 bits per heavy atom. The van der Waals surface area contributed by atoms with E-state index < -0.39 is 7.81 Å². The molecule has 10 heteroatoms. The second-order valence-corrected chi connectivity index (χ2v) is 7.31. The van der Waals surface area contributed by atoms with E-state index in [9.17, 15) is 25.2 Å². The molecule has 0 aliphatic rings. The van der Waals surface area contributed by atoms with Gasteiger partial charge in [-0.3, -0.25) is 0 Å². The molecule has 0 amide bonds. The van der Waals surface area contributed by atoms with Crippen LogP contribution in [-0.2, 0) is 0 Å². The van der Waals surface area contributed by atoms with E-state index in [0.717, 1.165) is 33.8 Å². The van der Waals surface area contributed by atoms with E-state index in [4.69, 9.17) is 13.9 Å². The summed E-state index contributed by atoms with van der Waals surface area (Å²) in [5.41, 5.74) is 1.81. The molecule has 2 aromatic carbocycles. The first-order valence-electron chi connectivity index (χ1n) is 7.37. The molecule has 0 unspecified atom stereocenters. The molecule has 0 N–H and O–H groups in total. The van der Waals surface area contributed by atoms with Crippen LogP contribution >= 0.6 is 7.81 Å². The topological polar surface area (TPSA) is 29.8 Å². The SMILES string of the molecule is COc1ccc(-c2ccc3ccc(OC)cc3[o+]2)cc1.F[P-](F)(F)(F)(F)F. The maximum atomic E-state index is 9.87. The van der Waals surface area contributed by atoms with Gasteiger partial charge in [-0.15, -0.1) is 0 Å². The number of methoxy groups -OCH3 is 2. The van der Waals surface area contributed by atoms with Gasteiger partial charge in [0.2, 0.25) is 0 Å². The van der Waals surface area contributed by atoms with Crippen LogP contribution in [0.5, 0.6) is 11.5 Å². The van der Waals surface area contributed by atoms with Crippen molar-refractivity contribution in [1.29, 1.82) is 0 Å². The van der Waals surface area contributed by atoms with Crippen molar-refractivity contribution in [3.63, 3.8) is 0 Å². The number of halogens is 6. The Hall–Kier alpha value is -2.54. The molecule has 0 aliphatic carbocycles. The van der Waals surface area contributed by atoms with Crippen molar-refractivity contribution in [3.05, 3.63) is 54.6 Å². The molecule has 3 aromatic rings. The van der Waals surface area contributed by atoms with Gasteiger partial charge in [0.25, 0.3) is 0 Å². The van der Waals surface area contributed by atoms with Crippen molar-refractivity contribution in [2.24, 2.45) is 0 Å². The predicted molar refractivity (Wildman–Crippen MR) is 92.7 cm³/mol.